The highest BCUT2D eigenvalue weighted by atomic mass is 16.5. The molecule has 0 saturated carbocycles. The summed E-state index contributed by atoms with van der Waals surface area (Å²) in [5.74, 6) is 0.939. The van der Waals surface area contributed by atoms with E-state index in [1.807, 2.05) is 24.3 Å². The van der Waals surface area contributed by atoms with E-state index in [1.54, 1.807) is 7.11 Å². The van der Waals surface area contributed by atoms with E-state index in [0.29, 0.717) is 12.1 Å². The molecule has 2 fully saturated rings. The molecule has 0 aromatic heterocycles. The number of carbonyl (C=O) groups is 1. The van der Waals surface area contributed by atoms with Gasteiger partial charge < -0.3 is 9.64 Å². The molecule has 2 bridgehead atoms. The van der Waals surface area contributed by atoms with Crippen LogP contribution in [0, 0.1) is 0 Å². The summed E-state index contributed by atoms with van der Waals surface area (Å²) in [6.07, 6.45) is 4.17. The lowest BCUT2D eigenvalue weighted by Gasteiger charge is -2.36. The molecule has 0 aliphatic carbocycles. The molecule has 1 aromatic carbocycles. The zero-order valence-electron chi connectivity index (χ0n) is 11.3. The van der Waals surface area contributed by atoms with Crippen LogP contribution in [-0.2, 0) is 0 Å². The van der Waals surface area contributed by atoms with E-state index in [2.05, 4.69) is 11.5 Å². The van der Waals surface area contributed by atoms with Gasteiger partial charge in [-0.15, -0.1) is 0 Å². The molecule has 3 heteroatoms. The number of ether oxygens (including phenoxy) is 1. The summed E-state index contributed by atoms with van der Waals surface area (Å²) >= 11 is 0. The first-order chi connectivity index (χ1) is 9.19. The molecule has 3 nitrogen and oxygen atoms in total. The molecule has 2 saturated heterocycles. The lowest BCUT2D eigenvalue weighted by molar-refractivity contribution is 0.0635. The van der Waals surface area contributed by atoms with E-state index in [-0.39, 0.29) is 5.91 Å². The Morgan fingerprint density at radius 2 is 1.79 bits per heavy atom. The van der Waals surface area contributed by atoms with Crippen LogP contribution in [0.3, 0.4) is 0 Å². The van der Waals surface area contributed by atoms with Crippen molar-refractivity contribution in [2.45, 2.75) is 37.8 Å². The number of hydrogen-bond donors (Lipinski definition) is 0. The number of nitrogens with zero attached hydrogens (tertiary/aromatic N) is 1. The molecule has 2 aliphatic heterocycles. The molecule has 3 rings (SSSR count). The molecule has 2 aliphatic rings. The summed E-state index contributed by atoms with van der Waals surface area (Å²) in [4.78, 5) is 14.7. The first kappa shape index (κ1) is 12.3. The van der Waals surface area contributed by atoms with Crippen LogP contribution in [-0.4, -0.2) is 30.0 Å². The molecule has 2 unspecified atom stereocenters. The maximum Gasteiger partial charge on any atom is 0.254 e. The van der Waals surface area contributed by atoms with Gasteiger partial charge in [0, 0.05) is 17.6 Å². The van der Waals surface area contributed by atoms with Crippen LogP contribution in [0.4, 0.5) is 0 Å². The first-order valence-corrected chi connectivity index (χ1v) is 6.82. The third kappa shape index (κ3) is 2.14. The first-order valence-electron chi connectivity index (χ1n) is 6.82. The van der Waals surface area contributed by atoms with Crippen LogP contribution >= 0.6 is 0 Å². The molecule has 0 radical (unpaired) electrons. The molecule has 2 heterocycles. The normalized spacial score (nSPS) is 25.5. The molecule has 0 N–H and O–H groups in total. The monoisotopic (exact) mass is 257 g/mol. The van der Waals surface area contributed by atoms with Crippen LogP contribution in [0.1, 0.15) is 36.0 Å². The largest absolute Gasteiger partial charge is 0.497 e. The Labute approximate surface area is 113 Å². The molecule has 100 valence electrons. The van der Waals surface area contributed by atoms with E-state index in [0.717, 1.165) is 37.0 Å². The minimum absolute atomic E-state index is 0.155. The SMILES string of the molecule is C=C1CC2CCC(C1)N2C(=O)c1ccc(OC)cc1. The summed E-state index contributed by atoms with van der Waals surface area (Å²) in [7, 11) is 1.63. The van der Waals surface area contributed by atoms with Gasteiger partial charge in [0.2, 0.25) is 0 Å². The van der Waals surface area contributed by atoms with Gasteiger partial charge in [-0.05, 0) is 49.9 Å². The summed E-state index contributed by atoms with van der Waals surface area (Å²) in [5.41, 5.74) is 2.05. The van der Waals surface area contributed by atoms with Gasteiger partial charge in [0.1, 0.15) is 5.75 Å². The van der Waals surface area contributed by atoms with Gasteiger partial charge >= 0.3 is 0 Å². The summed E-state index contributed by atoms with van der Waals surface area (Å²) < 4.78 is 5.13. The average molecular weight is 257 g/mol. The molecule has 2 atom stereocenters. The van der Waals surface area contributed by atoms with Gasteiger partial charge in [0.05, 0.1) is 7.11 Å². The molecule has 19 heavy (non-hydrogen) atoms. The number of fused-ring (bicyclic) bond motifs is 2. The van der Waals surface area contributed by atoms with Crippen molar-refractivity contribution < 1.29 is 9.53 Å². The minimum Gasteiger partial charge on any atom is -0.497 e. The fourth-order valence-corrected chi connectivity index (χ4v) is 3.33. The maximum atomic E-state index is 12.6. The van der Waals surface area contributed by atoms with E-state index >= 15 is 0 Å². The van der Waals surface area contributed by atoms with Crippen LogP contribution < -0.4 is 4.74 Å². The Hall–Kier alpha value is -1.77. The zero-order valence-corrected chi connectivity index (χ0v) is 11.3. The van der Waals surface area contributed by atoms with Crippen molar-refractivity contribution in [2.24, 2.45) is 0 Å². The van der Waals surface area contributed by atoms with E-state index in [4.69, 9.17) is 4.74 Å². The molecule has 1 amide bonds. The van der Waals surface area contributed by atoms with Crippen molar-refractivity contribution in [1.29, 1.82) is 0 Å². The second kappa shape index (κ2) is 4.72. The van der Waals surface area contributed by atoms with Crippen molar-refractivity contribution in [2.75, 3.05) is 7.11 Å². The predicted octanol–water partition coefficient (Wildman–Crippen LogP) is 3.02. The van der Waals surface area contributed by atoms with Gasteiger partial charge in [0.25, 0.3) is 5.91 Å². The van der Waals surface area contributed by atoms with Crippen molar-refractivity contribution in [3.8, 4) is 5.75 Å². The highest BCUT2D eigenvalue weighted by molar-refractivity contribution is 5.95. The second-order valence-electron chi connectivity index (χ2n) is 5.48. The van der Waals surface area contributed by atoms with Crippen molar-refractivity contribution in [3.05, 3.63) is 42.0 Å². The second-order valence-corrected chi connectivity index (χ2v) is 5.48. The number of rotatable bonds is 2. The third-order valence-corrected chi connectivity index (χ3v) is 4.24. The summed E-state index contributed by atoms with van der Waals surface area (Å²) in [6, 6.07) is 8.12. The molecular formula is C16H19NO2. The lowest BCUT2D eigenvalue weighted by Crippen LogP contribution is -2.44. The van der Waals surface area contributed by atoms with Gasteiger partial charge in [-0.3, -0.25) is 4.79 Å². The number of carbonyl (C=O) groups excluding carboxylic acids is 1. The Morgan fingerprint density at radius 3 is 2.32 bits per heavy atom. The zero-order chi connectivity index (χ0) is 13.4. The van der Waals surface area contributed by atoms with E-state index in [1.165, 1.54) is 5.57 Å². The summed E-state index contributed by atoms with van der Waals surface area (Å²) in [5, 5.41) is 0. The predicted molar refractivity (Wildman–Crippen MR) is 74.3 cm³/mol. The fraction of sp³-hybridized carbons (Fsp3) is 0.438. The lowest BCUT2D eigenvalue weighted by atomic mass is 9.97. The van der Waals surface area contributed by atoms with Gasteiger partial charge in [0.15, 0.2) is 0 Å². The van der Waals surface area contributed by atoms with Crippen LogP contribution in [0.5, 0.6) is 5.75 Å². The number of benzene rings is 1. The van der Waals surface area contributed by atoms with Crippen LogP contribution in [0.25, 0.3) is 0 Å². The number of piperidine rings is 1. The Kier molecular flexibility index (Phi) is 3.05. The fourth-order valence-electron chi connectivity index (χ4n) is 3.33. The Bertz CT molecular complexity index is 490. The van der Waals surface area contributed by atoms with Crippen LogP contribution in [0.2, 0.25) is 0 Å². The minimum atomic E-state index is 0.155. The summed E-state index contributed by atoms with van der Waals surface area (Å²) in [6.45, 7) is 4.09. The Balaban J connectivity index is 1.82. The quantitative estimate of drug-likeness (QED) is 0.762. The van der Waals surface area contributed by atoms with Gasteiger partial charge in [-0.2, -0.15) is 0 Å². The standard InChI is InChI=1S/C16H19NO2/c1-11-9-13-5-6-14(10-11)17(13)16(18)12-3-7-15(19-2)8-4-12/h3-4,7-8,13-14H,1,5-6,9-10H2,2H3. The van der Waals surface area contributed by atoms with E-state index in [9.17, 15) is 4.79 Å². The topological polar surface area (TPSA) is 29.5 Å². The maximum absolute atomic E-state index is 12.6. The third-order valence-electron chi connectivity index (χ3n) is 4.24. The van der Waals surface area contributed by atoms with Crippen molar-refractivity contribution >= 4 is 5.91 Å². The van der Waals surface area contributed by atoms with Gasteiger partial charge in [-0.1, -0.05) is 12.2 Å². The highest BCUT2D eigenvalue weighted by Crippen LogP contribution is 2.38. The smallest absolute Gasteiger partial charge is 0.254 e. The van der Waals surface area contributed by atoms with Crippen molar-refractivity contribution in [1.82, 2.24) is 4.90 Å². The molecule has 1 aromatic rings. The number of methoxy groups -OCH3 is 1. The Morgan fingerprint density at radius 1 is 1.21 bits per heavy atom. The van der Waals surface area contributed by atoms with E-state index < -0.39 is 0 Å². The van der Waals surface area contributed by atoms with Crippen molar-refractivity contribution in [3.63, 3.8) is 0 Å². The molecule has 0 spiro atoms. The molecular weight excluding hydrogens is 238 g/mol. The average Bonchev–Trinajstić information content (AvgIpc) is 2.70. The van der Waals surface area contributed by atoms with Gasteiger partial charge in [-0.25, -0.2) is 0 Å². The number of hydrogen-bond acceptors (Lipinski definition) is 2. The number of amides is 1. The van der Waals surface area contributed by atoms with Crippen LogP contribution in [0.15, 0.2) is 36.4 Å². The highest BCUT2D eigenvalue weighted by Gasteiger charge is 2.40.